The van der Waals surface area contributed by atoms with Crippen molar-refractivity contribution in [1.82, 2.24) is 4.98 Å². The molecule has 1 heterocycles. The van der Waals surface area contributed by atoms with Crippen molar-refractivity contribution in [3.8, 4) is 11.5 Å². The smallest absolute Gasteiger partial charge is 0.329 e. The second kappa shape index (κ2) is 5.66. The molecule has 0 bridgehead atoms. The summed E-state index contributed by atoms with van der Waals surface area (Å²) in [4.78, 5) is 13.8. The summed E-state index contributed by atoms with van der Waals surface area (Å²) >= 11 is 0. The normalized spacial score (nSPS) is 11.1. The Morgan fingerprint density at radius 3 is 2.62 bits per heavy atom. The van der Waals surface area contributed by atoms with E-state index in [9.17, 15) is 18.5 Å². The van der Waals surface area contributed by atoms with Crippen LogP contribution in [0.5, 0.6) is 11.5 Å². The summed E-state index contributed by atoms with van der Waals surface area (Å²) in [6.07, 6.45) is 2.42. The average molecular weight is 329 g/mol. The molecule has 21 heavy (non-hydrogen) atoms. The lowest BCUT2D eigenvalue weighted by Crippen LogP contribution is -1.97. The molecule has 0 aliphatic rings. The third-order valence-corrected chi connectivity index (χ3v) is 4.08. The first-order valence-corrected chi connectivity index (χ1v) is 7.91. The zero-order valence-corrected chi connectivity index (χ0v) is 12.3. The van der Waals surface area contributed by atoms with E-state index in [2.05, 4.69) is 4.98 Å². The number of aromatic nitrogens is 1. The van der Waals surface area contributed by atoms with Gasteiger partial charge in [-0.05, 0) is 30.7 Å². The third-order valence-electron chi connectivity index (χ3n) is 2.59. The molecule has 2 aromatic rings. The standard InChI is InChI=1S/C12H9ClN2O5S/c1-8-6-9(2-3-12(8)21(13,18)19)20-11-4-5-14-7-10(11)15(16)17/h2-7H,1H3. The maximum atomic E-state index is 11.3. The van der Waals surface area contributed by atoms with Gasteiger partial charge in [0, 0.05) is 22.9 Å². The molecule has 110 valence electrons. The number of pyridine rings is 1. The minimum atomic E-state index is -3.85. The zero-order valence-electron chi connectivity index (χ0n) is 10.7. The van der Waals surface area contributed by atoms with Crippen LogP contribution in [0.2, 0.25) is 0 Å². The lowest BCUT2D eigenvalue weighted by molar-refractivity contribution is -0.386. The Morgan fingerprint density at radius 2 is 2.05 bits per heavy atom. The lowest BCUT2D eigenvalue weighted by Gasteiger charge is -2.08. The van der Waals surface area contributed by atoms with Crippen molar-refractivity contribution >= 4 is 25.4 Å². The van der Waals surface area contributed by atoms with Crippen molar-refractivity contribution in [3.63, 3.8) is 0 Å². The summed E-state index contributed by atoms with van der Waals surface area (Å²) in [5.74, 6) is 0.266. The topological polar surface area (TPSA) is 99.4 Å². The molecule has 1 aromatic heterocycles. The van der Waals surface area contributed by atoms with Gasteiger partial charge in [-0.15, -0.1) is 0 Å². The van der Waals surface area contributed by atoms with E-state index in [1.54, 1.807) is 6.92 Å². The number of nitrogens with zero attached hydrogens (tertiary/aromatic N) is 2. The summed E-state index contributed by atoms with van der Waals surface area (Å²) in [7, 11) is 1.43. The second-order valence-corrected chi connectivity index (χ2v) is 6.60. The highest BCUT2D eigenvalue weighted by Crippen LogP contribution is 2.32. The van der Waals surface area contributed by atoms with Gasteiger partial charge in [-0.1, -0.05) is 0 Å². The molecule has 0 saturated heterocycles. The van der Waals surface area contributed by atoms with E-state index in [0.29, 0.717) is 5.56 Å². The van der Waals surface area contributed by atoms with Crippen LogP contribution in [0.3, 0.4) is 0 Å². The molecular weight excluding hydrogens is 320 g/mol. The van der Waals surface area contributed by atoms with Crippen molar-refractivity contribution < 1.29 is 18.1 Å². The minimum Gasteiger partial charge on any atom is -0.450 e. The highest BCUT2D eigenvalue weighted by Gasteiger charge is 2.17. The van der Waals surface area contributed by atoms with E-state index in [0.717, 1.165) is 6.20 Å². The number of aryl methyl sites for hydroxylation is 1. The quantitative estimate of drug-likeness (QED) is 0.486. The van der Waals surface area contributed by atoms with Crippen molar-refractivity contribution in [2.75, 3.05) is 0 Å². The molecule has 9 heteroatoms. The largest absolute Gasteiger partial charge is 0.450 e. The molecule has 0 aliphatic carbocycles. The van der Waals surface area contributed by atoms with Crippen LogP contribution in [0, 0.1) is 17.0 Å². The highest BCUT2D eigenvalue weighted by atomic mass is 35.7. The van der Waals surface area contributed by atoms with Gasteiger partial charge in [-0.2, -0.15) is 0 Å². The molecule has 0 fully saturated rings. The van der Waals surface area contributed by atoms with Crippen LogP contribution in [0.1, 0.15) is 5.56 Å². The Kier molecular flexibility index (Phi) is 4.10. The first kappa shape index (κ1) is 15.2. The van der Waals surface area contributed by atoms with Gasteiger partial charge in [-0.3, -0.25) is 15.1 Å². The number of rotatable bonds is 4. The fourth-order valence-corrected chi connectivity index (χ4v) is 2.88. The molecule has 0 saturated carbocycles. The number of hydrogen-bond acceptors (Lipinski definition) is 6. The van der Waals surface area contributed by atoms with Crippen LogP contribution < -0.4 is 4.74 Å². The van der Waals surface area contributed by atoms with Crippen LogP contribution in [-0.4, -0.2) is 18.3 Å². The van der Waals surface area contributed by atoms with E-state index in [1.165, 1.54) is 30.5 Å². The van der Waals surface area contributed by atoms with Gasteiger partial charge < -0.3 is 4.74 Å². The lowest BCUT2D eigenvalue weighted by atomic mass is 10.2. The Labute approximate surface area is 124 Å². The van der Waals surface area contributed by atoms with Gasteiger partial charge >= 0.3 is 5.69 Å². The summed E-state index contributed by atoms with van der Waals surface area (Å²) in [6.45, 7) is 1.54. The fourth-order valence-electron chi connectivity index (χ4n) is 1.68. The van der Waals surface area contributed by atoms with Gasteiger partial charge in [0.2, 0.25) is 5.75 Å². The third kappa shape index (κ3) is 3.47. The molecule has 0 amide bonds. The Hall–Kier alpha value is -2.19. The predicted molar refractivity (Wildman–Crippen MR) is 75.2 cm³/mol. The Morgan fingerprint density at radius 1 is 1.33 bits per heavy atom. The fraction of sp³-hybridized carbons (Fsp3) is 0.0833. The number of halogens is 1. The van der Waals surface area contributed by atoms with E-state index in [4.69, 9.17) is 15.4 Å². The van der Waals surface area contributed by atoms with Gasteiger partial charge in [0.25, 0.3) is 9.05 Å². The average Bonchev–Trinajstić information content (AvgIpc) is 2.37. The van der Waals surface area contributed by atoms with Gasteiger partial charge in [0.15, 0.2) is 0 Å². The molecule has 2 rings (SSSR count). The van der Waals surface area contributed by atoms with E-state index in [1.807, 2.05) is 0 Å². The van der Waals surface area contributed by atoms with Gasteiger partial charge in [-0.25, -0.2) is 8.42 Å². The highest BCUT2D eigenvalue weighted by molar-refractivity contribution is 8.13. The van der Waals surface area contributed by atoms with E-state index in [-0.39, 0.29) is 22.1 Å². The number of nitro groups is 1. The summed E-state index contributed by atoms with van der Waals surface area (Å²) in [5.41, 5.74) is 0.0865. The van der Waals surface area contributed by atoms with Crippen LogP contribution >= 0.6 is 10.7 Å². The van der Waals surface area contributed by atoms with E-state index >= 15 is 0 Å². The molecule has 0 atom stereocenters. The van der Waals surface area contributed by atoms with Crippen LogP contribution in [0.15, 0.2) is 41.6 Å². The van der Waals surface area contributed by atoms with Gasteiger partial charge in [0.1, 0.15) is 11.9 Å². The maximum absolute atomic E-state index is 11.3. The van der Waals surface area contributed by atoms with E-state index < -0.39 is 14.0 Å². The summed E-state index contributed by atoms with van der Waals surface area (Å²) < 4.78 is 28.0. The molecule has 0 N–H and O–H groups in total. The van der Waals surface area contributed by atoms with Crippen LogP contribution in [0.4, 0.5) is 5.69 Å². The molecule has 1 aromatic carbocycles. The Balaban J connectivity index is 2.38. The van der Waals surface area contributed by atoms with Crippen molar-refractivity contribution in [2.24, 2.45) is 0 Å². The first-order valence-electron chi connectivity index (χ1n) is 5.60. The number of hydrogen-bond donors (Lipinski definition) is 0. The number of benzene rings is 1. The molecule has 0 spiro atoms. The first-order chi connectivity index (χ1) is 9.79. The SMILES string of the molecule is Cc1cc(Oc2ccncc2[N+](=O)[O-])ccc1S(=O)(=O)Cl. The second-order valence-electron chi connectivity index (χ2n) is 4.07. The van der Waals surface area contributed by atoms with Crippen molar-refractivity contribution in [1.29, 1.82) is 0 Å². The summed E-state index contributed by atoms with van der Waals surface area (Å²) in [6, 6.07) is 5.42. The molecule has 0 radical (unpaired) electrons. The predicted octanol–water partition coefficient (Wildman–Crippen LogP) is 3.02. The summed E-state index contributed by atoms with van der Waals surface area (Å²) in [5, 5.41) is 10.9. The van der Waals surface area contributed by atoms with Crippen molar-refractivity contribution in [3.05, 3.63) is 52.3 Å². The number of ether oxygens (including phenoxy) is 1. The molecule has 0 aliphatic heterocycles. The monoisotopic (exact) mass is 328 g/mol. The minimum absolute atomic E-state index is 0.0101. The zero-order chi connectivity index (χ0) is 15.6. The van der Waals surface area contributed by atoms with Crippen LogP contribution in [0.25, 0.3) is 0 Å². The maximum Gasteiger partial charge on any atom is 0.329 e. The van der Waals surface area contributed by atoms with Crippen LogP contribution in [-0.2, 0) is 9.05 Å². The van der Waals surface area contributed by atoms with Gasteiger partial charge in [0.05, 0.1) is 9.82 Å². The Bertz CT molecular complexity index is 807. The molecule has 7 nitrogen and oxygen atoms in total. The molecule has 0 unspecified atom stereocenters. The molecular formula is C12H9ClN2O5S. The van der Waals surface area contributed by atoms with Crippen molar-refractivity contribution in [2.45, 2.75) is 11.8 Å².